The van der Waals surface area contributed by atoms with E-state index in [2.05, 4.69) is 5.10 Å². The predicted molar refractivity (Wildman–Crippen MR) is 81.0 cm³/mol. The summed E-state index contributed by atoms with van der Waals surface area (Å²) in [5.74, 6) is -0.922. The second-order valence-electron chi connectivity index (χ2n) is 4.97. The van der Waals surface area contributed by atoms with E-state index in [-0.39, 0.29) is 0 Å². The average molecular weight is 304 g/mol. The molecule has 108 valence electrons. The Labute approximate surface area is 126 Å². The van der Waals surface area contributed by atoms with Crippen LogP contribution in [0.4, 0.5) is 0 Å². The number of fused-ring (bicyclic) bond motifs is 1. The van der Waals surface area contributed by atoms with Gasteiger partial charge in [0.05, 0.1) is 17.8 Å². The Morgan fingerprint density at radius 3 is 2.76 bits per heavy atom. The topological polar surface area (TPSA) is 60.0 Å². The number of hydrogen-bond donors (Lipinski definition) is 1. The SMILES string of the molecule is Cc1nn(C)c(Cl)c1Cn1ccc2c(C(=O)O)cccc21. The van der Waals surface area contributed by atoms with Crippen LogP contribution in [0.1, 0.15) is 21.6 Å². The zero-order valence-electron chi connectivity index (χ0n) is 11.7. The lowest BCUT2D eigenvalue weighted by Gasteiger charge is -2.06. The highest BCUT2D eigenvalue weighted by Crippen LogP contribution is 2.25. The third-order valence-corrected chi connectivity index (χ3v) is 4.12. The summed E-state index contributed by atoms with van der Waals surface area (Å²) >= 11 is 6.26. The molecule has 6 heteroatoms. The minimum atomic E-state index is -0.922. The summed E-state index contributed by atoms with van der Waals surface area (Å²) in [7, 11) is 1.80. The summed E-state index contributed by atoms with van der Waals surface area (Å²) in [6.45, 7) is 2.47. The molecule has 0 fully saturated rings. The number of aromatic nitrogens is 3. The quantitative estimate of drug-likeness (QED) is 0.809. The first kappa shape index (κ1) is 13.7. The molecule has 0 saturated heterocycles. The van der Waals surface area contributed by atoms with Crippen molar-refractivity contribution in [2.75, 3.05) is 0 Å². The van der Waals surface area contributed by atoms with E-state index in [0.717, 1.165) is 22.2 Å². The molecule has 0 saturated carbocycles. The highest BCUT2D eigenvalue weighted by Gasteiger charge is 2.15. The molecule has 1 N–H and O–H groups in total. The van der Waals surface area contributed by atoms with Gasteiger partial charge in [0.2, 0.25) is 0 Å². The molecule has 2 aromatic heterocycles. The molecule has 2 heterocycles. The van der Waals surface area contributed by atoms with Crippen molar-refractivity contribution in [1.82, 2.24) is 14.3 Å². The predicted octanol–water partition coefficient (Wildman–Crippen LogP) is 3.08. The molecule has 0 amide bonds. The standard InChI is InChI=1S/C15H14ClN3O2/c1-9-12(14(16)18(2)17-9)8-19-7-6-10-11(15(20)21)4-3-5-13(10)19/h3-7H,8H2,1-2H3,(H,20,21). The first-order chi connectivity index (χ1) is 9.99. The molecule has 5 nitrogen and oxygen atoms in total. The minimum absolute atomic E-state index is 0.306. The molecule has 0 atom stereocenters. The molecule has 0 aliphatic rings. The van der Waals surface area contributed by atoms with Gasteiger partial charge >= 0.3 is 5.97 Å². The zero-order chi connectivity index (χ0) is 15.1. The summed E-state index contributed by atoms with van der Waals surface area (Å²) in [5.41, 5.74) is 2.99. The van der Waals surface area contributed by atoms with E-state index in [9.17, 15) is 9.90 Å². The van der Waals surface area contributed by atoms with Crippen molar-refractivity contribution >= 4 is 28.5 Å². The molecule has 1 aromatic carbocycles. The summed E-state index contributed by atoms with van der Waals surface area (Å²) in [4.78, 5) is 11.3. The molecule has 0 unspecified atom stereocenters. The van der Waals surface area contributed by atoms with Crippen LogP contribution < -0.4 is 0 Å². The Kier molecular flexibility index (Phi) is 3.22. The molecule has 0 bridgehead atoms. The van der Waals surface area contributed by atoms with Crippen molar-refractivity contribution in [2.45, 2.75) is 13.5 Å². The molecule has 21 heavy (non-hydrogen) atoms. The number of halogens is 1. The third-order valence-electron chi connectivity index (χ3n) is 3.64. The number of aromatic carboxylic acids is 1. The number of nitrogens with zero attached hydrogens (tertiary/aromatic N) is 3. The average Bonchev–Trinajstić information content (AvgIpc) is 2.95. The third kappa shape index (κ3) is 2.19. The van der Waals surface area contributed by atoms with E-state index >= 15 is 0 Å². The number of carboxylic acid groups (broad SMARTS) is 1. The summed E-state index contributed by atoms with van der Waals surface area (Å²) < 4.78 is 3.62. The van der Waals surface area contributed by atoms with Crippen LogP contribution in [0.5, 0.6) is 0 Å². The summed E-state index contributed by atoms with van der Waals surface area (Å²) in [6.07, 6.45) is 1.87. The van der Waals surface area contributed by atoms with E-state index < -0.39 is 5.97 Å². The maximum Gasteiger partial charge on any atom is 0.336 e. The Bertz CT molecular complexity index is 848. The van der Waals surface area contributed by atoms with Crippen LogP contribution in [-0.2, 0) is 13.6 Å². The Morgan fingerprint density at radius 2 is 2.14 bits per heavy atom. The normalized spacial score (nSPS) is 11.2. The lowest BCUT2D eigenvalue weighted by atomic mass is 10.1. The highest BCUT2D eigenvalue weighted by atomic mass is 35.5. The second-order valence-corrected chi connectivity index (χ2v) is 5.32. The summed E-state index contributed by atoms with van der Waals surface area (Å²) in [6, 6.07) is 7.08. The molecular formula is C15H14ClN3O2. The first-order valence-electron chi connectivity index (χ1n) is 6.48. The monoisotopic (exact) mass is 303 g/mol. The fourth-order valence-corrected chi connectivity index (χ4v) is 2.81. The summed E-state index contributed by atoms with van der Waals surface area (Å²) in [5, 5.41) is 14.8. The van der Waals surface area contributed by atoms with Gasteiger partial charge in [-0.2, -0.15) is 5.10 Å². The van der Waals surface area contributed by atoms with Gasteiger partial charge in [0, 0.05) is 29.7 Å². The number of aryl methyl sites for hydroxylation is 2. The zero-order valence-corrected chi connectivity index (χ0v) is 12.4. The molecule has 0 radical (unpaired) electrons. The van der Waals surface area contributed by atoms with Crippen LogP contribution in [0.25, 0.3) is 10.9 Å². The molecule has 0 aliphatic heterocycles. The van der Waals surface area contributed by atoms with Gasteiger partial charge < -0.3 is 9.67 Å². The Morgan fingerprint density at radius 1 is 1.38 bits per heavy atom. The molecular weight excluding hydrogens is 290 g/mol. The van der Waals surface area contributed by atoms with Crippen LogP contribution in [0.3, 0.4) is 0 Å². The largest absolute Gasteiger partial charge is 0.478 e. The lowest BCUT2D eigenvalue weighted by molar-refractivity contribution is 0.0699. The van der Waals surface area contributed by atoms with E-state index in [1.54, 1.807) is 23.9 Å². The van der Waals surface area contributed by atoms with Crippen molar-refractivity contribution in [3.8, 4) is 0 Å². The van der Waals surface area contributed by atoms with Crippen LogP contribution in [0, 0.1) is 6.92 Å². The van der Waals surface area contributed by atoms with Crippen LogP contribution >= 0.6 is 11.6 Å². The molecule has 3 aromatic rings. The van der Waals surface area contributed by atoms with E-state index in [4.69, 9.17) is 11.6 Å². The van der Waals surface area contributed by atoms with Gasteiger partial charge in [0.1, 0.15) is 5.15 Å². The van der Waals surface area contributed by atoms with Gasteiger partial charge in [0.15, 0.2) is 0 Å². The number of rotatable bonds is 3. The Hall–Kier alpha value is -2.27. The molecule has 0 spiro atoms. The van der Waals surface area contributed by atoms with Gasteiger partial charge in [-0.05, 0) is 25.1 Å². The van der Waals surface area contributed by atoms with E-state index in [0.29, 0.717) is 17.3 Å². The van der Waals surface area contributed by atoms with Crippen LogP contribution in [0.2, 0.25) is 5.15 Å². The number of hydrogen-bond acceptors (Lipinski definition) is 2. The fraction of sp³-hybridized carbons (Fsp3) is 0.200. The van der Waals surface area contributed by atoms with Crippen molar-refractivity contribution in [3.05, 3.63) is 52.4 Å². The fourth-order valence-electron chi connectivity index (χ4n) is 2.57. The van der Waals surface area contributed by atoms with Crippen LogP contribution in [-0.4, -0.2) is 25.4 Å². The van der Waals surface area contributed by atoms with Crippen molar-refractivity contribution in [1.29, 1.82) is 0 Å². The molecule has 0 aliphatic carbocycles. The van der Waals surface area contributed by atoms with Gasteiger partial charge in [-0.1, -0.05) is 17.7 Å². The number of carboxylic acids is 1. The van der Waals surface area contributed by atoms with Gasteiger partial charge in [0.25, 0.3) is 0 Å². The van der Waals surface area contributed by atoms with Crippen molar-refractivity contribution < 1.29 is 9.90 Å². The number of carbonyl (C=O) groups is 1. The van der Waals surface area contributed by atoms with Crippen LogP contribution in [0.15, 0.2) is 30.5 Å². The van der Waals surface area contributed by atoms with E-state index in [1.807, 2.05) is 29.8 Å². The van der Waals surface area contributed by atoms with Crippen molar-refractivity contribution in [3.63, 3.8) is 0 Å². The second kappa shape index (κ2) is 4.93. The maximum absolute atomic E-state index is 11.3. The maximum atomic E-state index is 11.3. The molecule has 3 rings (SSSR count). The van der Waals surface area contributed by atoms with E-state index in [1.165, 1.54) is 0 Å². The number of benzene rings is 1. The van der Waals surface area contributed by atoms with Crippen molar-refractivity contribution in [2.24, 2.45) is 7.05 Å². The van der Waals surface area contributed by atoms with Gasteiger partial charge in [-0.15, -0.1) is 0 Å². The van der Waals surface area contributed by atoms with Gasteiger partial charge in [-0.3, -0.25) is 4.68 Å². The Balaban J connectivity index is 2.10. The highest BCUT2D eigenvalue weighted by molar-refractivity contribution is 6.30. The lowest BCUT2D eigenvalue weighted by Crippen LogP contribution is -2.01. The first-order valence-corrected chi connectivity index (χ1v) is 6.86. The minimum Gasteiger partial charge on any atom is -0.478 e. The van der Waals surface area contributed by atoms with Gasteiger partial charge in [-0.25, -0.2) is 4.79 Å². The smallest absolute Gasteiger partial charge is 0.336 e.